The fraction of sp³-hybridized carbons (Fsp3) is 0.443. The molecule has 1 aliphatic carbocycles. The molecular weight excluding hydrogens is 1040 g/mol. The second-order valence-corrected chi connectivity index (χ2v) is 22.7. The molecule has 20 heteroatoms. The summed E-state index contributed by atoms with van der Waals surface area (Å²) in [6, 6.07) is 25.2. The summed E-state index contributed by atoms with van der Waals surface area (Å²) in [6.45, 7) is 9.18. The predicted octanol–water partition coefficient (Wildman–Crippen LogP) is 9.34. The van der Waals surface area contributed by atoms with Crippen molar-refractivity contribution in [1.82, 2.24) is 35.3 Å². The van der Waals surface area contributed by atoms with E-state index >= 15 is 0 Å². The molecule has 1 saturated carbocycles. The van der Waals surface area contributed by atoms with Crippen LogP contribution in [0.25, 0.3) is 21.8 Å². The number of ether oxygens (including phenoxy) is 5. The van der Waals surface area contributed by atoms with Gasteiger partial charge < -0.3 is 49.2 Å². The van der Waals surface area contributed by atoms with Gasteiger partial charge in [0.2, 0.25) is 5.91 Å². The Bertz CT molecular complexity index is 3250. The molecule has 4 amide bonds. The van der Waals surface area contributed by atoms with E-state index in [0.717, 1.165) is 65.1 Å². The van der Waals surface area contributed by atoms with Crippen molar-refractivity contribution in [3.8, 4) is 0 Å². The second kappa shape index (κ2) is 24.0. The number of carbonyl (C=O) groups excluding carboxylic acids is 6. The highest BCUT2D eigenvalue weighted by Crippen LogP contribution is 2.46. The number of hydrogen-bond donors (Lipinski definition) is 4. The Balaban J connectivity index is 0.000000198. The highest BCUT2D eigenvalue weighted by molar-refractivity contribution is 5.89. The number of esters is 2. The monoisotopic (exact) mass is 1110 g/mol. The van der Waals surface area contributed by atoms with E-state index < -0.39 is 71.9 Å². The maximum atomic E-state index is 14.9. The summed E-state index contributed by atoms with van der Waals surface area (Å²) < 4.78 is 56.2. The van der Waals surface area contributed by atoms with Crippen LogP contribution in [-0.2, 0) is 51.3 Å². The molecule has 6 heterocycles. The van der Waals surface area contributed by atoms with Gasteiger partial charge in [-0.15, -0.1) is 0 Å². The SMILES string of the molecule is CC(=O)O[C@@H]1CN(C(=O)[C@@H](NC(=O)OC(C)(C)C)C2CCCCC2)[C@H]2[C@@H]1N(C(=O)OCc1ccccc1)C[C@H]2c1c[nH]c2cc(F)ccc12.CC(=O)O[C@@H]1CN[C@H]2[C@@H]1N(C(=O)OCc1ccccc1)C[C@H]2c1c[nH]c2cc(F)ccc12. The van der Waals surface area contributed by atoms with Crippen molar-refractivity contribution in [1.29, 1.82) is 0 Å². The molecule has 0 spiro atoms. The summed E-state index contributed by atoms with van der Waals surface area (Å²) >= 11 is 0. The molecule has 81 heavy (non-hydrogen) atoms. The molecule has 5 fully saturated rings. The summed E-state index contributed by atoms with van der Waals surface area (Å²) in [6.07, 6.45) is 5.04. The number of aromatic amines is 2. The van der Waals surface area contributed by atoms with Gasteiger partial charge in [0.15, 0.2) is 0 Å². The van der Waals surface area contributed by atoms with Gasteiger partial charge in [-0.25, -0.2) is 23.2 Å². The maximum Gasteiger partial charge on any atom is 0.410 e. The van der Waals surface area contributed by atoms with E-state index in [1.165, 1.54) is 38.1 Å². The second-order valence-electron chi connectivity index (χ2n) is 22.7. The standard InChI is InChI=1S/C37H45FN4O7.C24H24FN3O4/c1-22(43)48-30-20-41(34(44)31(24-13-9-6-10-14-24)40-35(45)49-37(2,3)4)32-28(27-18-39-29-17-25(38)15-16-26(27)29)19-42(33(30)32)36(46)47-21-23-11-7-5-8-12-23;1-14(29)32-21-11-27-22-19(18-10-26-20-9-16(25)7-8-17(18)20)12-28(23(21)22)24(30)31-13-15-5-3-2-4-6-15/h5,7-8,11-12,15-18,24,28,30-33,39H,6,9-10,13-14,19-21H2,1-4H3,(H,40,45);2-10,19,21-23,26-27H,11-13H2,1H3/t28-,30+,31-,32+,33+;19-,21+,22+,23+/m00/s1. The molecular formula is C61H69F2N7O11. The smallest absolute Gasteiger partial charge is 0.410 e. The molecule has 18 nitrogen and oxygen atoms in total. The number of benzene rings is 4. The topological polar surface area (TPSA) is 214 Å². The van der Waals surface area contributed by atoms with Crippen molar-refractivity contribution in [3.63, 3.8) is 0 Å². The number of carbonyl (C=O) groups is 6. The van der Waals surface area contributed by atoms with Crippen LogP contribution in [-0.4, -0.2) is 135 Å². The number of likely N-dealkylation sites (tertiary alicyclic amines) is 3. The fourth-order valence-corrected chi connectivity index (χ4v) is 12.8. The fourth-order valence-electron chi connectivity index (χ4n) is 12.8. The third-order valence-electron chi connectivity index (χ3n) is 16.1. The van der Waals surface area contributed by atoms with Crippen LogP contribution in [0.3, 0.4) is 0 Å². The number of rotatable bonds is 11. The first-order valence-corrected chi connectivity index (χ1v) is 27.8. The number of aromatic nitrogens is 2. The zero-order chi connectivity index (χ0) is 57.1. The zero-order valence-corrected chi connectivity index (χ0v) is 46.0. The van der Waals surface area contributed by atoms with Gasteiger partial charge in [0.05, 0.1) is 24.7 Å². The Labute approximate surface area is 468 Å². The van der Waals surface area contributed by atoms with Crippen LogP contribution in [0, 0.1) is 17.6 Å². The summed E-state index contributed by atoms with van der Waals surface area (Å²) in [5, 5.41) is 8.00. The minimum atomic E-state index is -0.885. The van der Waals surface area contributed by atoms with Crippen LogP contribution in [0.5, 0.6) is 0 Å². The first kappa shape index (κ1) is 56.3. The van der Waals surface area contributed by atoms with Gasteiger partial charge in [-0.1, -0.05) is 79.9 Å². The van der Waals surface area contributed by atoms with Gasteiger partial charge in [0.25, 0.3) is 0 Å². The average molecular weight is 1110 g/mol. The van der Waals surface area contributed by atoms with Crippen molar-refractivity contribution in [2.45, 2.75) is 140 Å². The summed E-state index contributed by atoms with van der Waals surface area (Å²) in [5.74, 6) is -2.60. The number of alkyl carbamates (subject to hydrolysis) is 1. The molecule has 4 aliphatic heterocycles. The molecule has 0 radical (unpaired) electrons. The van der Waals surface area contributed by atoms with Crippen LogP contribution < -0.4 is 10.6 Å². The molecule has 5 aliphatic rings. The molecule has 11 rings (SSSR count). The lowest BCUT2D eigenvalue weighted by Gasteiger charge is -2.36. The lowest BCUT2D eigenvalue weighted by Crippen LogP contribution is -2.55. The lowest BCUT2D eigenvalue weighted by molar-refractivity contribution is -0.149. The molecule has 2 aromatic heterocycles. The Kier molecular flexibility index (Phi) is 16.7. The van der Waals surface area contributed by atoms with Gasteiger partial charge in [-0.05, 0) is 98.2 Å². The quantitative estimate of drug-likeness (QED) is 0.0706. The van der Waals surface area contributed by atoms with Crippen LogP contribution in [0.2, 0.25) is 0 Å². The van der Waals surface area contributed by atoms with E-state index in [0.29, 0.717) is 24.1 Å². The highest BCUT2D eigenvalue weighted by atomic mass is 19.1. The highest BCUT2D eigenvalue weighted by Gasteiger charge is 2.60. The van der Waals surface area contributed by atoms with Crippen molar-refractivity contribution < 1.29 is 61.2 Å². The number of halogens is 2. The first-order valence-electron chi connectivity index (χ1n) is 27.8. The molecule has 9 atom stereocenters. The van der Waals surface area contributed by atoms with E-state index in [1.807, 2.05) is 66.9 Å². The van der Waals surface area contributed by atoms with Crippen molar-refractivity contribution in [2.75, 3.05) is 26.2 Å². The number of H-pyrrole nitrogens is 2. The largest absolute Gasteiger partial charge is 0.459 e. The summed E-state index contributed by atoms with van der Waals surface area (Å²) in [7, 11) is 0. The van der Waals surface area contributed by atoms with Gasteiger partial charge in [-0.2, -0.15) is 0 Å². The van der Waals surface area contributed by atoms with Gasteiger partial charge in [-0.3, -0.25) is 24.2 Å². The van der Waals surface area contributed by atoms with Gasteiger partial charge in [0, 0.05) is 85.6 Å². The number of hydrogen-bond acceptors (Lipinski definition) is 12. The molecule has 4 aromatic carbocycles. The molecule has 6 aromatic rings. The Morgan fingerprint density at radius 1 is 0.630 bits per heavy atom. The number of fused-ring (bicyclic) bond motifs is 4. The van der Waals surface area contributed by atoms with E-state index in [4.69, 9.17) is 23.7 Å². The Morgan fingerprint density at radius 2 is 1.15 bits per heavy atom. The predicted molar refractivity (Wildman–Crippen MR) is 294 cm³/mol. The molecule has 428 valence electrons. The normalized spacial score (nSPS) is 23.7. The number of amides is 4. The molecule has 4 N–H and O–H groups in total. The molecule has 0 unspecified atom stereocenters. The maximum absolute atomic E-state index is 14.9. The van der Waals surface area contributed by atoms with Crippen LogP contribution >= 0.6 is 0 Å². The van der Waals surface area contributed by atoms with E-state index in [1.54, 1.807) is 53.8 Å². The Morgan fingerprint density at radius 3 is 1.69 bits per heavy atom. The Hall–Kier alpha value is -8.00. The lowest BCUT2D eigenvalue weighted by atomic mass is 9.83. The number of nitrogens with one attached hydrogen (secondary N) is 4. The average Bonchev–Trinajstić information content (AvgIpc) is 4.12. The minimum Gasteiger partial charge on any atom is -0.459 e. The third-order valence-corrected chi connectivity index (χ3v) is 16.1. The van der Waals surface area contributed by atoms with E-state index in [2.05, 4.69) is 20.6 Å². The summed E-state index contributed by atoms with van der Waals surface area (Å²) in [4.78, 5) is 90.3. The van der Waals surface area contributed by atoms with Crippen molar-refractivity contribution in [2.24, 2.45) is 5.92 Å². The van der Waals surface area contributed by atoms with Crippen molar-refractivity contribution >= 4 is 57.9 Å². The molecule has 0 bridgehead atoms. The first-order chi connectivity index (χ1) is 38.9. The number of nitrogens with zero attached hydrogens (tertiary/aromatic N) is 3. The minimum absolute atomic E-state index is 0.0168. The third kappa shape index (κ3) is 12.5. The van der Waals surface area contributed by atoms with Gasteiger partial charge >= 0.3 is 30.2 Å². The van der Waals surface area contributed by atoms with E-state index in [9.17, 15) is 37.5 Å². The van der Waals surface area contributed by atoms with Gasteiger partial charge in [0.1, 0.15) is 48.7 Å². The zero-order valence-electron chi connectivity index (χ0n) is 46.0. The van der Waals surface area contributed by atoms with Crippen LogP contribution in [0.4, 0.5) is 23.2 Å². The molecule has 4 saturated heterocycles. The van der Waals surface area contributed by atoms with E-state index in [-0.39, 0.29) is 67.9 Å². The summed E-state index contributed by atoms with van der Waals surface area (Å²) in [5.41, 5.74) is 4.00. The van der Waals surface area contributed by atoms with Crippen LogP contribution in [0.1, 0.15) is 101 Å². The van der Waals surface area contributed by atoms with Crippen molar-refractivity contribution in [3.05, 3.63) is 143 Å². The van der Waals surface area contributed by atoms with Crippen LogP contribution in [0.15, 0.2) is 109 Å².